The smallest absolute Gasteiger partial charge is 0.473 e. The molecule has 0 saturated heterocycles. The highest BCUT2D eigenvalue weighted by Crippen LogP contribution is 2.45. The third-order valence-electron chi connectivity index (χ3n) is 2.39. The van der Waals surface area contributed by atoms with E-state index in [9.17, 15) is 33.4 Å². The molecule has 142 valence electrons. The Morgan fingerprint density at radius 2 is 1.64 bits per heavy atom. The maximum atomic E-state index is 11.6. The van der Waals surface area contributed by atoms with E-state index in [0.29, 0.717) is 0 Å². The first-order valence-corrected chi connectivity index (χ1v) is 8.14. The molecule has 0 fully saturated rings. The van der Waals surface area contributed by atoms with E-state index in [2.05, 4.69) is 9.05 Å². The minimum atomic E-state index is -5.01. The number of carbonyl (C=O) groups is 5. The second-order valence-electron chi connectivity index (χ2n) is 4.54. The summed E-state index contributed by atoms with van der Waals surface area (Å²) in [5, 5.41) is 19.0. The molecule has 0 bridgehead atoms. The van der Waals surface area contributed by atoms with Crippen LogP contribution in [0.1, 0.15) is 25.7 Å². The average Bonchev–Trinajstić information content (AvgIpc) is 2.47. The Labute approximate surface area is 140 Å². The SMILES string of the molecule is NC(=O)CCC(=O)NC(=O)COP(=O)(O)OC(CCC(=O)O)C(=O)O. The number of nitrogens with one attached hydrogen (secondary N) is 1. The molecular formula is C11H17N2O11P. The van der Waals surface area contributed by atoms with E-state index in [1.807, 2.05) is 0 Å². The number of carboxylic acids is 2. The molecule has 14 heteroatoms. The van der Waals surface area contributed by atoms with Gasteiger partial charge in [-0.3, -0.25) is 33.5 Å². The van der Waals surface area contributed by atoms with Crippen molar-refractivity contribution in [1.29, 1.82) is 0 Å². The Balaban J connectivity index is 4.44. The molecule has 0 aliphatic rings. The fourth-order valence-corrected chi connectivity index (χ4v) is 2.16. The van der Waals surface area contributed by atoms with Crippen LogP contribution in [0.5, 0.6) is 0 Å². The monoisotopic (exact) mass is 384 g/mol. The van der Waals surface area contributed by atoms with Gasteiger partial charge in [-0.1, -0.05) is 0 Å². The topological polar surface area (TPSA) is 220 Å². The van der Waals surface area contributed by atoms with Gasteiger partial charge < -0.3 is 20.8 Å². The maximum absolute atomic E-state index is 11.6. The van der Waals surface area contributed by atoms with E-state index in [4.69, 9.17) is 15.9 Å². The number of hydrogen-bond donors (Lipinski definition) is 5. The summed E-state index contributed by atoms with van der Waals surface area (Å²) in [5.41, 5.74) is 4.80. The van der Waals surface area contributed by atoms with Crippen LogP contribution in [0.3, 0.4) is 0 Å². The second kappa shape index (κ2) is 10.5. The highest BCUT2D eigenvalue weighted by molar-refractivity contribution is 7.47. The second-order valence-corrected chi connectivity index (χ2v) is 5.95. The number of carbonyl (C=O) groups excluding carboxylic acids is 3. The van der Waals surface area contributed by atoms with Gasteiger partial charge in [0.25, 0.3) is 5.91 Å². The fourth-order valence-electron chi connectivity index (χ4n) is 1.30. The highest BCUT2D eigenvalue weighted by Gasteiger charge is 2.32. The van der Waals surface area contributed by atoms with Crippen LogP contribution >= 0.6 is 7.82 Å². The summed E-state index contributed by atoms with van der Waals surface area (Å²) in [4.78, 5) is 63.5. The van der Waals surface area contributed by atoms with Crippen molar-refractivity contribution >= 4 is 37.5 Å². The lowest BCUT2D eigenvalue weighted by Gasteiger charge is -2.16. The number of phosphoric acid groups is 1. The average molecular weight is 384 g/mol. The first kappa shape index (κ1) is 22.7. The zero-order valence-corrected chi connectivity index (χ0v) is 13.6. The van der Waals surface area contributed by atoms with Crippen LogP contribution < -0.4 is 11.1 Å². The summed E-state index contributed by atoms with van der Waals surface area (Å²) in [6.07, 6.45) is -3.91. The van der Waals surface area contributed by atoms with Crippen LogP contribution in [0.25, 0.3) is 0 Å². The maximum Gasteiger partial charge on any atom is 0.473 e. The van der Waals surface area contributed by atoms with E-state index >= 15 is 0 Å². The Hall–Kier alpha value is -2.34. The van der Waals surface area contributed by atoms with Gasteiger partial charge in [0, 0.05) is 19.3 Å². The van der Waals surface area contributed by atoms with Gasteiger partial charge >= 0.3 is 19.8 Å². The molecule has 0 aliphatic heterocycles. The molecule has 13 nitrogen and oxygen atoms in total. The third-order valence-corrected chi connectivity index (χ3v) is 3.37. The van der Waals surface area contributed by atoms with Crippen molar-refractivity contribution in [3.05, 3.63) is 0 Å². The van der Waals surface area contributed by atoms with Crippen LogP contribution in [0.2, 0.25) is 0 Å². The number of rotatable bonds is 12. The van der Waals surface area contributed by atoms with Gasteiger partial charge in [0.1, 0.15) is 6.61 Å². The molecule has 0 heterocycles. The zero-order valence-electron chi connectivity index (χ0n) is 12.7. The number of aliphatic carboxylic acids is 2. The molecule has 2 unspecified atom stereocenters. The molecular weight excluding hydrogens is 367 g/mol. The summed E-state index contributed by atoms with van der Waals surface area (Å²) >= 11 is 0. The third kappa shape index (κ3) is 11.8. The Morgan fingerprint density at radius 1 is 1.04 bits per heavy atom. The quantitative estimate of drug-likeness (QED) is 0.240. The summed E-state index contributed by atoms with van der Waals surface area (Å²) in [6.45, 7) is -1.12. The number of amides is 3. The highest BCUT2D eigenvalue weighted by atomic mass is 31.2. The molecule has 0 spiro atoms. The molecule has 6 N–H and O–H groups in total. The largest absolute Gasteiger partial charge is 0.481 e. The lowest BCUT2D eigenvalue weighted by molar-refractivity contribution is -0.147. The molecule has 0 radical (unpaired) electrons. The van der Waals surface area contributed by atoms with Gasteiger partial charge in [-0.05, 0) is 6.42 Å². The van der Waals surface area contributed by atoms with Crippen LogP contribution in [-0.4, -0.2) is 57.5 Å². The van der Waals surface area contributed by atoms with Gasteiger partial charge in [-0.2, -0.15) is 0 Å². The number of carboxylic acid groups (broad SMARTS) is 2. The molecule has 0 saturated carbocycles. The van der Waals surface area contributed by atoms with Crippen molar-refractivity contribution in [2.45, 2.75) is 31.8 Å². The minimum Gasteiger partial charge on any atom is -0.481 e. The zero-order chi connectivity index (χ0) is 19.6. The number of primary amides is 1. The van der Waals surface area contributed by atoms with Gasteiger partial charge in [0.15, 0.2) is 6.10 Å². The molecule has 2 atom stereocenters. The Bertz CT molecular complexity index is 591. The van der Waals surface area contributed by atoms with E-state index in [1.165, 1.54) is 0 Å². The minimum absolute atomic E-state index is 0.314. The van der Waals surface area contributed by atoms with Crippen molar-refractivity contribution in [1.82, 2.24) is 5.32 Å². The van der Waals surface area contributed by atoms with Crippen molar-refractivity contribution < 1.29 is 52.7 Å². The predicted molar refractivity (Wildman–Crippen MR) is 76.7 cm³/mol. The number of hydrogen-bond acceptors (Lipinski definition) is 8. The van der Waals surface area contributed by atoms with Crippen LogP contribution in [0.15, 0.2) is 0 Å². The van der Waals surface area contributed by atoms with Gasteiger partial charge in [0.05, 0.1) is 0 Å². The summed E-state index contributed by atoms with van der Waals surface area (Å²) in [5.74, 6) is -5.86. The van der Waals surface area contributed by atoms with Crippen LogP contribution in [-0.2, 0) is 37.6 Å². The van der Waals surface area contributed by atoms with Crippen molar-refractivity contribution in [2.75, 3.05) is 6.61 Å². The summed E-state index contributed by atoms with van der Waals surface area (Å²) < 4.78 is 20.1. The molecule has 0 aromatic carbocycles. The standard InChI is InChI=1S/C11H17N2O11P/c12-7(14)2-3-8(15)13-9(16)5-23-25(21,22)24-6(11(19)20)1-4-10(17)18/h6H,1-5H2,(H2,12,14)(H,17,18)(H,19,20)(H,21,22)(H,13,15,16). The first-order valence-electron chi connectivity index (χ1n) is 6.64. The molecule has 0 aromatic rings. The summed E-state index contributed by atoms with van der Waals surface area (Å²) in [6, 6.07) is 0. The van der Waals surface area contributed by atoms with Gasteiger partial charge in [-0.15, -0.1) is 0 Å². The van der Waals surface area contributed by atoms with E-state index in [-0.39, 0.29) is 12.8 Å². The predicted octanol–water partition coefficient (Wildman–Crippen LogP) is -1.65. The Morgan fingerprint density at radius 3 is 2.12 bits per heavy atom. The summed E-state index contributed by atoms with van der Waals surface area (Å²) in [7, 11) is -5.01. The van der Waals surface area contributed by atoms with E-state index in [1.54, 1.807) is 5.32 Å². The van der Waals surface area contributed by atoms with Crippen LogP contribution in [0.4, 0.5) is 0 Å². The molecule has 0 aliphatic carbocycles. The van der Waals surface area contributed by atoms with E-state index < -0.39 is 63.0 Å². The first-order chi connectivity index (χ1) is 11.4. The fraction of sp³-hybridized carbons (Fsp3) is 0.545. The van der Waals surface area contributed by atoms with Gasteiger partial charge in [-0.25, -0.2) is 9.36 Å². The molecule has 25 heavy (non-hydrogen) atoms. The number of imide groups is 1. The number of phosphoric ester groups is 1. The molecule has 0 aromatic heterocycles. The lowest BCUT2D eigenvalue weighted by atomic mass is 10.2. The molecule has 3 amide bonds. The van der Waals surface area contributed by atoms with Crippen molar-refractivity contribution in [3.63, 3.8) is 0 Å². The molecule has 0 rings (SSSR count). The van der Waals surface area contributed by atoms with E-state index in [0.717, 1.165) is 0 Å². The number of nitrogens with two attached hydrogens (primary N) is 1. The van der Waals surface area contributed by atoms with Crippen molar-refractivity contribution in [2.24, 2.45) is 5.73 Å². The van der Waals surface area contributed by atoms with Crippen LogP contribution in [0, 0.1) is 0 Å². The lowest BCUT2D eigenvalue weighted by Crippen LogP contribution is -2.34. The Kier molecular flexibility index (Phi) is 9.53. The van der Waals surface area contributed by atoms with Crippen molar-refractivity contribution in [3.8, 4) is 0 Å². The van der Waals surface area contributed by atoms with Gasteiger partial charge in [0.2, 0.25) is 11.8 Å². The normalized spacial score (nSPS) is 14.1.